The Hall–Kier alpha value is -4.66. The highest BCUT2D eigenvalue weighted by molar-refractivity contribution is 6.21. The minimum atomic E-state index is -0.691. The Kier molecular flexibility index (Phi) is 6.59. The minimum Gasteiger partial charge on any atom is -0.492 e. The summed E-state index contributed by atoms with van der Waals surface area (Å²) in [5, 5.41) is 2.78. The largest absolute Gasteiger partial charge is 0.492 e. The molecule has 0 saturated heterocycles. The Bertz CT molecular complexity index is 1340. The van der Waals surface area contributed by atoms with Gasteiger partial charge in [-0.15, -0.1) is 0 Å². The van der Waals surface area contributed by atoms with Crippen molar-refractivity contribution < 1.29 is 28.7 Å². The van der Waals surface area contributed by atoms with Crippen molar-refractivity contribution in [2.24, 2.45) is 0 Å². The van der Waals surface area contributed by atoms with Gasteiger partial charge in [0.05, 0.1) is 23.4 Å². The van der Waals surface area contributed by atoms with Crippen molar-refractivity contribution in [1.82, 2.24) is 4.90 Å². The van der Waals surface area contributed by atoms with Crippen molar-refractivity contribution in [3.8, 4) is 11.5 Å². The fraction of sp³-hybridized carbons (Fsp3) is 0.214. The summed E-state index contributed by atoms with van der Waals surface area (Å²) in [6, 6.07) is 21.0. The first-order valence-corrected chi connectivity index (χ1v) is 12.0. The molecule has 0 bridgehead atoms. The van der Waals surface area contributed by atoms with Crippen molar-refractivity contribution >= 4 is 35.0 Å². The SMILES string of the molecule is CC1Oc2cc(NC(=O)CCN3C(=O)c4ccccc4C3=O)ccc2N(CCOc2ccccc2)C1=O. The van der Waals surface area contributed by atoms with E-state index in [0.717, 1.165) is 10.6 Å². The highest BCUT2D eigenvalue weighted by atomic mass is 16.5. The maximum atomic E-state index is 12.8. The second-order valence-corrected chi connectivity index (χ2v) is 8.70. The molecule has 2 aliphatic heterocycles. The lowest BCUT2D eigenvalue weighted by molar-refractivity contribution is -0.125. The van der Waals surface area contributed by atoms with Crippen LogP contribution in [-0.2, 0) is 9.59 Å². The average molecular weight is 500 g/mol. The van der Waals surface area contributed by atoms with E-state index in [1.807, 2.05) is 30.3 Å². The predicted octanol–water partition coefficient (Wildman–Crippen LogP) is 3.50. The molecule has 5 rings (SSSR count). The van der Waals surface area contributed by atoms with Crippen LogP contribution in [-0.4, -0.2) is 54.3 Å². The summed E-state index contributed by atoms with van der Waals surface area (Å²) in [5.41, 5.74) is 1.76. The van der Waals surface area contributed by atoms with E-state index in [1.165, 1.54) is 0 Å². The molecule has 0 radical (unpaired) electrons. The molecule has 2 heterocycles. The number of nitrogens with zero attached hydrogens (tertiary/aromatic N) is 2. The molecule has 9 heteroatoms. The van der Waals surface area contributed by atoms with E-state index in [0.29, 0.717) is 41.4 Å². The van der Waals surface area contributed by atoms with Crippen molar-refractivity contribution in [1.29, 1.82) is 0 Å². The zero-order valence-corrected chi connectivity index (χ0v) is 20.2. The molecule has 2 aliphatic rings. The second kappa shape index (κ2) is 10.1. The van der Waals surface area contributed by atoms with Gasteiger partial charge in [0, 0.05) is 24.7 Å². The molecule has 0 spiro atoms. The fourth-order valence-corrected chi connectivity index (χ4v) is 4.37. The lowest BCUT2D eigenvalue weighted by atomic mass is 10.1. The van der Waals surface area contributed by atoms with Crippen LogP contribution in [0.1, 0.15) is 34.1 Å². The highest BCUT2D eigenvalue weighted by Gasteiger charge is 2.35. The van der Waals surface area contributed by atoms with Crippen LogP contribution in [0, 0.1) is 0 Å². The van der Waals surface area contributed by atoms with Crippen LogP contribution in [0.25, 0.3) is 0 Å². The van der Waals surface area contributed by atoms with Crippen LogP contribution in [0.2, 0.25) is 0 Å². The predicted molar refractivity (Wildman–Crippen MR) is 136 cm³/mol. The number of benzene rings is 3. The molecule has 188 valence electrons. The summed E-state index contributed by atoms with van der Waals surface area (Å²) in [7, 11) is 0. The maximum absolute atomic E-state index is 12.8. The third-order valence-electron chi connectivity index (χ3n) is 6.22. The lowest BCUT2D eigenvalue weighted by Gasteiger charge is -2.33. The third kappa shape index (κ3) is 4.88. The monoisotopic (exact) mass is 499 g/mol. The Morgan fingerprint density at radius 2 is 1.57 bits per heavy atom. The molecule has 3 aromatic rings. The number of nitrogens with one attached hydrogen (secondary N) is 1. The summed E-state index contributed by atoms with van der Waals surface area (Å²) in [4.78, 5) is 53.0. The summed E-state index contributed by atoms with van der Waals surface area (Å²) in [6.45, 7) is 2.28. The molecule has 0 fully saturated rings. The molecule has 0 aromatic heterocycles. The number of ether oxygens (including phenoxy) is 2. The summed E-state index contributed by atoms with van der Waals surface area (Å²) in [5.74, 6) is -0.150. The molecule has 9 nitrogen and oxygen atoms in total. The molecule has 37 heavy (non-hydrogen) atoms. The normalized spacial score (nSPS) is 16.2. The maximum Gasteiger partial charge on any atom is 0.267 e. The molecule has 1 atom stereocenters. The Labute approximate surface area is 213 Å². The van der Waals surface area contributed by atoms with E-state index in [4.69, 9.17) is 9.47 Å². The van der Waals surface area contributed by atoms with Crippen LogP contribution in [0.5, 0.6) is 11.5 Å². The van der Waals surface area contributed by atoms with Crippen LogP contribution in [0.15, 0.2) is 72.8 Å². The lowest BCUT2D eigenvalue weighted by Crippen LogP contribution is -2.46. The zero-order chi connectivity index (χ0) is 25.9. The number of hydrogen-bond acceptors (Lipinski definition) is 6. The first kappa shape index (κ1) is 24.1. The molecule has 1 N–H and O–H groups in total. The van der Waals surface area contributed by atoms with Gasteiger partial charge < -0.3 is 19.7 Å². The van der Waals surface area contributed by atoms with Crippen LogP contribution < -0.4 is 19.7 Å². The third-order valence-corrected chi connectivity index (χ3v) is 6.22. The number of para-hydroxylation sites is 1. The Balaban J connectivity index is 1.21. The van der Waals surface area contributed by atoms with Gasteiger partial charge in [-0.25, -0.2) is 0 Å². The molecule has 4 amide bonds. The number of fused-ring (bicyclic) bond motifs is 2. The van der Waals surface area contributed by atoms with Gasteiger partial charge in [-0.1, -0.05) is 30.3 Å². The van der Waals surface area contributed by atoms with Gasteiger partial charge in [-0.3, -0.25) is 24.1 Å². The molecule has 0 aliphatic carbocycles. The summed E-state index contributed by atoms with van der Waals surface area (Å²) < 4.78 is 11.5. The van der Waals surface area contributed by atoms with Crippen molar-refractivity contribution in [3.05, 3.63) is 83.9 Å². The number of carbonyl (C=O) groups excluding carboxylic acids is 4. The molecule has 1 unspecified atom stereocenters. The topological polar surface area (TPSA) is 105 Å². The van der Waals surface area contributed by atoms with Gasteiger partial charge in [0.1, 0.15) is 18.1 Å². The van der Waals surface area contributed by atoms with E-state index >= 15 is 0 Å². The van der Waals surface area contributed by atoms with Crippen molar-refractivity contribution in [2.45, 2.75) is 19.4 Å². The number of anilines is 2. The van der Waals surface area contributed by atoms with Crippen molar-refractivity contribution in [2.75, 3.05) is 29.9 Å². The van der Waals surface area contributed by atoms with Crippen LogP contribution in [0.3, 0.4) is 0 Å². The Morgan fingerprint density at radius 1 is 0.892 bits per heavy atom. The smallest absolute Gasteiger partial charge is 0.267 e. The molecule has 3 aromatic carbocycles. The molecular weight excluding hydrogens is 474 g/mol. The van der Waals surface area contributed by atoms with Crippen LogP contribution in [0.4, 0.5) is 11.4 Å². The van der Waals surface area contributed by atoms with Crippen LogP contribution >= 0.6 is 0 Å². The summed E-state index contributed by atoms with van der Waals surface area (Å²) in [6.07, 6.45) is -0.745. The van der Waals surface area contributed by atoms with Gasteiger partial charge in [0.2, 0.25) is 5.91 Å². The van der Waals surface area contributed by atoms with Gasteiger partial charge in [0.25, 0.3) is 17.7 Å². The van der Waals surface area contributed by atoms with Gasteiger partial charge >= 0.3 is 0 Å². The fourth-order valence-electron chi connectivity index (χ4n) is 4.37. The first-order valence-electron chi connectivity index (χ1n) is 12.0. The molecule has 0 saturated carbocycles. The molecular formula is C28H25N3O6. The first-order chi connectivity index (χ1) is 17.9. The Morgan fingerprint density at radius 3 is 2.27 bits per heavy atom. The average Bonchev–Trinajstić information content (AvgIpc) is 3.15. The zero-order valence-electron chi connectivity index (χ0n) is 20.2. The highest BCUT2D eigenvalue weighted by Crippen LogP contribution is 2.36. The van der Waals surface area contributed by atoms with Gasteiger partial charge in [-0.05, 0) is 43.3 Å². The number of rotatable bonds is 8. The standard InChI is InChI=1S/C28H25N3O6/c1-18-26(33)30(15-16-36-20-7-3-2-4-8-20)23-12-11-19(17-24(23)37-18)29-25(32)13-14-31-27(34)21-9-5-6-10-22(21)28(31)35/h2-12,17-18H,13-16H2,1H3,(H,29,32). The summed E-state index contributed by atoms with van der Waals surface area (Å²) >= 11 is 0. The number of carbonyl (C=O) groups is 4. The van der Waals surface area contributed by atoms with E-state index in [9.17, 15) is 19.2 Å². The van der Waals surface area contributed by atoms with Crippen molar-refractivity contribution in [3.63, 3.8) is 0 Å². The quantitative estimate of drug-likeness (QED) is 0.476. The number of hydrogen-bond donors (Lipinski definition) is 1. The van der Waals surface area contributed by atoms with E-state index in [1.54, 1.807) is 54.3 Å². The van der Waals surface area contributed by atoms with Gasteiger partial charge in [-0.2, -0.15) is 0 Å². The van der Waals surface area contributed by atoms with Gasteiger partial charge in [0.15, 0.2) is 6.10 Å². The number of imide groups is 1. The number of amides is 4. The van der Waals surface area contributed by atoms with E-state index in [-0.39, 0.29) is 24.8 Å². The minimum absolute atomic E-state index is 0.0274. The van der Waals surface area contributed by atoms with E-state index < -0.39 is 17.9 Å². The van der Waals surface area contributed by atoms with E-state index in [2.05, 4.69) is 5.32 Å². The second-order valence-electron chi connectivity index (χ2n) is 8.70.